The first-order chi connectivity index (χ1) is 11.7. The predicted octanol–water partition coefficient (Wildman–Crippen LogP) is 0.607. The topological polar surface area (TPSA) is 83.4 Å². The highest BCUT2D eigenvalue weighted by Gasteiger charge is 2.37. The number of hydrogen-bond acceptors (Lipinski definition) is 5. The monoisotopic (exact) mass is 350 g/mol. The quantitative estimate of drug-likeness (QED) is 0.813. The van der Waals surface area contributed by atoms with E-state index in [0.29, 0.717) is 12.5 Å². The minimum absolute atomic E-state index is 0.00971. The lowest BCUT2D eigenvalue weighted by atomic mass is 9.75. The Hall–Kier alpha value is -1.96. The summed E-state index contributed by atoms with van der Waals surface area (Å²) in [7, 11) is 7.51. The van der Waals surface area contributed by atoms with Crippen LogP contribution in [-0.2, 0) is 11.3 Å². The van der Waals surface area contributed by atoms with Crippen LogP contribution >= 0.6 is 0 Å². The van der Waals surface area contributed by atoms with Crippen molar-refractivity contribution in [3.05, 3.63) is 11.9 Å². The molecule has 2 rings (SSSR count). The molecule has 1 aromatic heterocycles. The number of likely N-dealkylation sites (N-methyl/N-ethyl adjacent to an activating group) is 2. The number of nitrogens with one attached hydrogen (secondary N) is 1. The minimum Gasteiger partial charge on any atom is -0.349 e. The summed E-state index contributed by atoms with van der Waals surface area (Å²) < 4.78 is 1.39. The van der Waals surface area contributed by atoms with Crippen LogP contribution in [0.25, 0.3) is 0 Å². The smallest absolute Gasteiger partial charge is 0.273 e. The molecule has 1 aromatic rings. The van der Waals surface area contributed by atoms with Crippen molar-refractivity contribution in [2.75, 3.05) is 34.7 Å². The fourth-order valence-corrected chi connectivity index (χ4v) is 3.45. The molecule has 1 fully saturated rings. The van der Waals surface area contributed by atoms with E-state index in [9.17, 15) is 9.59 Å². The Kier molecular flexibility index (Phi) is 6.16. The first-order valence-electron chi connectivity index (χ1n) is 8.79. The van der Waals surface area contributed by atoms with Gasteiger partial charge in [0.05, 0.1) is 6.20 Å². The van der Waals surface area contributed by atoms with Crippen LogP contribution in [0.2, 0.25) is 0 Å². The van der Waals surface area contributed by atoms with Crippen LogP contribution in [0.5, 0.6) is 0 Å². The predicted molar refractivity (Wildman–Crippen MR) is 95.1 cm³/mol. The molecule has 140 valence electrons. The number of carbonyl (C=O) groups is 2. The molecular weight excluding hydrogens is 320 g/mol. The number of hydrogen-bond donors (Lipinski definition) is 1. The van der Waals surface area contributed by atoms with Crippen molar-refractivity contribution in [2.24, 2.45) is 5.92 Å². The second kappa shape index (κ2) is 7.95. The number of amides is 2. The summed E-state index contributed by atoms with van der Waals surface area (Å²) in [5.41, 5.74) is 0.230. The average molecular weight is 350 g/mol. The third-order valence-corrected chi connectivity index (χ3v) is 5.16. The molecule has 2 atom stereocenters. The lowest BCUT2D eigenvalue weighted by Crippen LogP contribution is -2.55. The molecule has 0 aromatic carbocycles. The van der Waals surface area contributed by atoms with Gasteiger partial charge in [-0.3, -0.25) is 9.59 Å². The highest BCUT2D eigenvalue weighted by Crippen LogP contribution is 2.35. The van der Waals surface area contributed by atoms with Gasteiger partial charge in [-0.1, -0.05) is 25.0 Å². The van der Waals surface area contributed by atoms with Crippen molar-refractivity contribution >= 4 is 11.8 Å². The Balaban J connectivity index is 1.97. The Morgan fingerprint density at radius 1 is 1.36 bits per heavy atom. The van der Waals surface area contributed by atoms with Gasteiger partial charge in [0.2, 0.25) is 5.91 Å². The highest BCUT2D eigenvalue weighted by molar-refractivity contribution is 5.92. The van der Waals surface area contributed by atoms with E-state index >= 15 is 0 Å². The van der Waals surface area contributed by atoms with Crippen molar-refractivity contribution in [1.82, 2.24) is 30.1 Å². The van der Waals surface area contributed by atoms with E-state index in [1.54, 1.807) is 14.1 Å². The van der Waals surface area contributed by atoms with Crippen LogP contribution in [0, 0.1) is 5.92 Å². The van der Waals surface area contributed by atoms with Gasteiger partial charge in [-0.2, -0.15) is 0 Å². The lowest BCUT2D eigenvalue weighted by molar-refractivity contribution is -0.129. The summed E-state index contributed by atoms with van der Waals surface area (Å²) in [5.74, 6) is 0.314. The number of carbonyl (C=O) groups excluding carboxylic acids is 2. The molecule has 0 unspecified atom stereocenters. The molecule has 0 aliphatic heterocycles. The van der Waals surface area contributed by atoms with Crippen LogP contribution in [0.1, 0.15) is 43.1 Å². The zero-order valence-corrected chi connectivity index (χ0v) is 15.9. The molecule has 8 nitrogen and oxygen atoms in total. The molecule has 8 heteroatoms. The number of nitrogens with zero attached hydrogens (tertiary/aromatic N) is 5. The molecule has 0 radical (unpaired) electrons. The van der Waals surface area contributed by atoms with Crippen molar-refractivity contribution < 1.29 is 9.59 Å². The van der Waals surface area contributed by atoms with Crippen molar-refractivity contribution in [2.45, 2.75) is 44.7 Å². The molecule has 0 spiro atoms. The molecule has 1 heterocycles. The lowest BCUT2D eigenvalue weighted by Gasteiger charge is -2.45. The van der Waals surface area contributed by atoms with Gasteiger partial charge in [0.1, 0.15) is 6.54 Å². The van der Waals surface area contributed by atoms with E-state index in [1.165, 1.54) is 28.6 Å². The van der Waals surface area contributed by atoms with Gasteiger partial charge in [-0.15, -0.1) is 5.10 Å². The molecule has 2 amide bonds. The fraction of sp³-hybridized carbons (Fsp3) is 0.765. The maximum absolute atomic E-state index is 12.4. The maximum Gasteiger partial charge on any atom is 0.273 e. The fourth-order valence-electron chi connectivity index (χ4n) is 3.45. The van der Waals surface area contributed by atoms with Gasteiger partial charge in [0.15, 0.2) is 5.69 Å². The third-order valence-electron chi connectivity index (χ3n) is 5.16. The molecular formula is C17H30N6O2. The molecule has 0 saturated heterocycles. The molecule has 1 N–H and O–H groups in total. The van der Waals surface area contributed by atoms with Gasteiger partial charge >= 0.3 is 0 Å². The summed E-state index contributed by atoms with van der Waals surface area (Å²) >= 11 is 0. The van der Waals surface area contributed by atoms with Crippen molar-refractivity contribution in [3.63, 3.8) is 0 Å². The minimum atomic E-state index is -0.247. The van der Waals surface area contributed by atoms with Crippen LogP contribution in [0.3, 0.4) is 0 Å². The maximum atomic E-state index is 12.4. The van der Waals surface area contributed by atoms with E-state index in [0.717, 1.165) is 12.8 Å². The van der Waals surface area contributed by atoms with Gasteiger partial charge in [-0.05, 0) is 32.9 Å². The average Bonchev–Trinajstić information content (AvgIpc) is 3.01. The van der Waals surface area contributed by atoms with Crippen LogP contribution < -0.4 is 5.32 Å². The van der Waals surface area contributed by atoms with E-state index in [2.05, 4.69) is 41.5 Å². The molecule has 1 saturated carbocycles. The summed E-state index contributed by atoms with van der Waals surface area (Å²) in [6, 6.07) is 0. The Morgan fingerprint density at radius 3 is 2.68 bits per heavy atom. The van der Waals surface area contributed by atoms with Crippen LogP contribution in [-0.4, -0.2) is 76.9 Å². The molecule has 1 aliphatic carbocycles. The molecule has 0 bridgehead atoms. The molecule has 1 aliphatic rings. The van der Waals surface area contributed by atoms with Gasteiger partial charge < -0.3 is 15.1 Å². The second-order valence-electron chi connectivity index (χ2n) is 7.59. The van der Waals surface area contributed by atoms with Gasteiger partial charge in [0, 0.05) is 26.2 Å². The Labute approximate surface area is 149 Å². The highest BCUT2D eigenvalue weighted by atomic mass is 16.2. The van der Waals surface area contributed by atoms with E-state index in [4.69, 9.17) is 0 Å². The Morgan fingerprint density at radius 2 is 2.08 bits per heavy atom. The van der Waals surface area contributed by atoms with Crippen LogP contribution in [0.15, 0.2) is 6.20 Å². The SMILES string of the molecule is C[C@H]1CCC[C@](CNC(=O)c2cn(CC(=O)N(C)C)nn2)(N(C)C)C1. The third kappa shape index (κ3) is 4.78. The first kappa shape index (κ1) is 19.4. The van der Waals surface area contributed by atoms with Crippen molar-refractivity contribution in [1.29, 1.82) is 0 Å². The van der Waals surface area contributed by atoms with Crippen LogP contribution in [0.4, 0.5) is 0 Å². The number of rotatable bonds is 6. The number of aromatic nitrogens is 3. The first-order valence-corrected chi connectivity index (χ1v) is 8.79. The van der Waals surface area contributed by atoms with Gasteiger partial charge in [-0.25, -0.2) is 4.68 Å². The summed E-state index contributed by atoms with van der Waals surface area (Å²) in [6.07, 6.45) is 6.09. The molecule has 25 heavy (non-hydrogen) atoms. The zero-order valence-electron chi connectivity index (χ0n) is 15.9. The zero-order chi connectivity index (χ0) is 18.6. The van der Waals surface area contributed by atoms with E-state index < -0.39 is 0 Å². The van der Waals surface area contributed by atoms with E-state index in [1.807, 2.05) is 0 Å². The summed E-state index contributed by atoms with van der Waals surface area (Å²) in [6.45, 7) is 2.94. The normalized spacial score (nSPS) is 23.5. The second-order valence-corrected chi connectivity index (χ2v) is 7.59. The Bertz CT molecular complexity index is 612. The van der Waals surface area contributed by atoms with E-state index in [-0.39, 0.29) is 29.6 Å². The summed E-state index contributed by atoms with van der Waals surface area (Å²) in [5, 5.41) is 10.8. The standard InChI is InChI=1S/C17H30N6O2/c1-13-7-6-8-17(9-13,22(4)5)12-18-16(25)14-10-23(20-19-14)11-15(24)21(2)3/h10,13H,6-9,11-12H2,1-5H3,(H,18,25)/t13-,17-/m0/s1. The van der Waals surface area contributed by atoms with Crippen molar-refractivity contribution in [3.8, 4) is 0 Å². The largest absolute Gasteiger partial charge is 0.349 e. The van der Waals surface area contributed by atoms with Gasteiger partial charge in [0.25, 0.3) is 5.91 Å². The summed E-state index contributed by atoms with van der Waals surface area (Å²) in [4.78, 5) is 27.8.